The van der Waals surface area contributed by atoms with Crippen LogP contribution in [-0.4, -0.2) is 19.7 Å². The van der Waals surface area contributed by atoms with E-state index in [9.17, 15) is 8.42 Å². The maximum absolute atomic E-state index is 10.9. The van der Waals surface area contributed by atoms with E-state index in [2.05, 4.69) is 4.72 Å². The largest absolute Gasteiger partial charge is 0.389 e. The summed E-state index contributed by atoms with van der Waals surface area (Å²) in [5.74, 6) is 0. The summed E-state index contributed by atoms with van der Waals surface area (Å²) in [5, 5.41) is 0. The van der Waals surface area contributed by atoms with Crippen molar-refractivity contribution in [2.45, 2.75) is 0 Å². The summed E-state index contributed by atoms with van der Waals surface area (Å²) in [6, 6.07) is 6.54. The van der Waals surface area contributed by atoms with Crippen LogP contribution in [0.4, 0.5) is 5.69 Å². The van der Waals surface area contributed by atoms with Gasteiger partial charge in [-0.25, -0.2) is 8.42 Å². The number of hydrogen-bond donors (Lipinski definition) is 2. The van der Waals surface area contributed by atoms with Crippen molar-refractivity contribution in [1.82, 2.24) is 0 Å². The normalized spacial score (nSPS) is 10.9. The summed E-state index contributed by atoms with van der Waals surface area (Å²) >= 11 is 4.75. The summed E-state index contributed by atoms with van der Waals surface area (Å²) < 4.78 is 24.1. The van der Waals surface area contributed by atoms with Crippen molar-refractivity contribution in [3.63, 3.8) is 0 Å². The van der Waals surface area contributed by atoms with Crippen molar-refractivity contribution < 1.29 is 8.42 Å². The lowest BCUT2D eigenvalue weighted by Gasteiger charge is -2.04. The van der Waals surface area contributed by atoms with Gasteiger partial charge in [-0.05, 0) is 24.3 Å². The third-order valence-corrected chi connectivity index (χ3v) is 2.31. The molecule has 0 heterocycles. The summed E-state index contributed by atoms with van der Waals surface area (Å²) in [6.45, 7) is 0. The maximum Gasteiger partial charge on any atom is 0.229 e. The van der Waals surface area contributed by atoms with Gasteiger partial charge in [0.15, 0.2) is 0 Å². The van der Waals surface area contributed by atoms with Gasteiger partial charge in [0.25, 0.3) is 0 Å². The molecule has 1 aromatic rings. The van der Waals surface area contributed by atoms with Crippen LogP contribution in [-0.2, 0) is 10.0 Å². The first kappa shape index (κ1) is 10.9. The fourth-order valence-electron chi connectivity index (χ4n) is 0.917. The van der Waals surface area contributed by atoms with Crippen LogP contribution in [0.15, 0.2) is 24.3 Å². The van der Waals surface area contributed by atoms with E-state index in [1.807, 2.05) is 0 Å². The first-order valence-corrected chi connectivity index (χ1v) is 6.06. The molecule has 0 radical (unpaired) electrons. The van der Waals surface area contributed by atoms with Gasteiger partial charge in [-0.15, -0.1) is 0 Å². The predicted octanol–water partition coefficient (Wildman–Crippen LogP) is 0.692. The Hall–Kier alpha value is -1.14. The van der Waals surface area contributed by atoms with Crippen molar-refractivity contribution >= 4 is 32.9 Å². The van der Waals surface area contributed by atoms with Gasteiger partial charge in [-0.2, -0.15) is 0 Å². The Labute approximate surface area is 88.2 Å². The SMILES string of the molecule is CS(=O)(=O)Nc1ccc(C(N)=S)cc1. The van der Waals surface area contributed by atoms with Crippen LogP contribution >= 0.6 is 12.2 Å². The van der Waals surface area contributed by atoms with E-state index < -0.39 is 10.0 Å². The first-order chi connectivity index (χ1) is 6.38. The van der Waals surface area contributed by atoms with E-state index in [1.165, 1.54) is 0 Å². The highest BCUT2D eigenvalue weighted by molar-refractivity contribution is 7.92. The Morgan fingerprint density at radius 3 is 2.21 bits per heavy atom. The van der Waals surface area contributed by atoms with Crippen LogP contribution in [0.3, 0.4) is 0 Å². The molecule has 0 aliphatic heterocycles. The zero-order valence-electron chi connectivity index (χ0n) is 7.52. The van der Waals surface area contributed by atoms with Crippen LogP contribution < -0.4 is 10.5 Å². The molecule has 0 unspecified atom stereocenters. The van der Waals surface area contributed by atoms with E-state index in [0.717, 1.165) is 6.26 Å². The second-order valence-electron chi connectivity index (χ2n) is 2.82. The molecule has 1 rings (SSSR count). The molecule has 3 N–H and O–H groups in total. The molecule has 0 amide bonds. The molecule has 6 heteroatoms. The van der Waals surface area contributed by atoms with E-state index in [1.54, 1.807) is 24.3 Å². The number of rotatable bonds is 3. The monoisotopic (exact) mass is 230 g/mol. The van der Waals surface area contributed by atoms with Crippen LogP contribution in [0, 0.1) is 0 Å². The molecule has 4 nitrogen and oxygen atoms in total. The van der Waals surface area contributed by atoms with Crippen LogP contribution in [0.25, 0.3) is 0 Å². The molecule has 0 aromatic heterocycles. The van der Waals surface area contributed by atoms with Gasteiger partial charge in [0.05, 0.1) is 6.26 Å². The lowest BCUT2D eigenvalue weighted by Crippen LogP contribution is -2.11. The minimum absolute atomic E-state index is 0.288. The fourth-order valence-corrected chi connectivity index (χ4v) is 1.62. The Balaban J connectivity index is 2.90. The third kappa shape index (κ3) is 3.31. The average Bonchev–Trinajstić information content (AvgIpc) is 2.02. The molecule has 0 spiro atoms. The van der Waals surface area contributed by atoms with Gasteiger partial charge in [0.1, 0.15) is 4.99 Å². The highest BCUT2D eigenvalue weighted by atomic mass is 32.2. The predicted molar refractivity (Wildman–Crippen MR) is 60.8 cm³/mol. The topological polar surface area (TPSA) is 72.2 Å². The average molecular weight is 230 g/mol. The molecule has 0 bridgehead atoms. The van der Waals surface area contributed by atoms with Crippen LogP contribution in [0.2, 0.25) is 0 Å². The highest BCUT2D eigenvalue weighted by Crippen LogP contribution is 2.10. The summed E-state index contributed by atoms with van der Waals surface area (Å²) in [7, 11) is -3.22. The van der Waals surface area contributed by atoms with Crippen molar-refractivity contribution in [2.75, 3.05) is 11.0 Å². The molecule has 0 aliphatic carbocycles. The van der Waals surface area contributed by atoms with Crippen molar-refractivity contribution in [3.8, 4) is 0 Å². The van der Waals surface area contributed by atoms with Gasteiger partial charge in [0, 0.05) is 11.3 Å². The molecule has 0 atom stereocenters. The number of anilines is 1. The highest BCUT2D eigenvalue weighted by Gasteiger charge is 2.01. The molecular weight excluding hydrogens is 220 g/mol. The fraction of sp³-hybridized carbons (Fsp3) is 0.125. The Morgan fingerprint density at radius 2 is 1.86 bits per heavy atom. The van der Waals surface area contributed by atoms with Crippen LogP contribution in [0.1, 0.15) is 5.56 Å². The van der Waals surface area contributed by atoms with Gasteiger partial charge in [-0.1, -0.05) is 12.2 Å². The molecule has 0 saturated heterocycles. The number of thiocarbonyl (C=S) groups is 1. The summed E-state index contributed by atoms with van der Waals surface area (Å²) in [5.41, 5.74) is 6.58. The van der Waals surface area contributed by atoms with Gasteiger partial charge >= 0.3 is 0 Å². The van der Waals surface area contributed by atoms with E-state index >= 15 is 0 Å². The quantitative estimate of drug-likeness (QED) is 0.749. The van der Waals surface area contributed by atoms with E-state index in [-0.39, 0.29) is 4.99 Å². The molecule has 0 aliphatic rings. The summed E-state index contributed by atoms with van der Waals surface area (Å²) in [6.07, 6.45) is 1.09. The molecule has 76 valence electrons. The molecule has 14 heavy (non-hydrogen) atoms. The Bertz CT molecular complexity index is 437. The lowest BCUT2D eigenvalue weighted by molar-refractivity contribution is 0.607. The van der Waals surface area contributed by atoms with Gasteiger partial charge in [0.2, 0.25) is 10.0 Å². The Morgan fingerprint density at radius 1 is 1.36 bits per heavy atom. The number of hydrogen-bond acceptors (Lipinski definition) is 3. The third-order valence-electron chi connectivity index (χ3n) is 1.47. The Kier molecular flexibility index (Phi) is 3.07. The van der Waals surface area contributed by atoms with Crippen molar-refractivity contribution in [1.29, 1.82) is 0 Å². The van der Waals surface area contributed by atoms with Crippen LogP contribution in [0.5, 0.6) is 0 Å². The second-order valence-corrected chi connectivity index (χ2v) is 5.00. The number of sulfonamides is 1. The lowest BCUT2D eigenvalue weighted by atomic mass is 10.2. The number of benzene rings is 1. The second kappa shape index (κ2) is 3.93. The molecular formula is C8H10N2O2S2. The first-order valence-electron chi connectivity index (χ1n) is 3.76. The number of nitrogens with two attached hydrogens (primary N) is 1. The number of nitrogens with one attached hydrogen (secondary N) is 1. The minimum Gasteiger partial charge on any atom is -0.389 e. The van der Waals surface area contributed by atoms with Crippen molar-refractivity contribution in [2.24, 2.45) is 5.73 Å². The molecule has 0 saturated carbocycles. The zero-order valence-corrected chi connectivity index (χ0v) is 9.15. The zero-order chi connectivity index (χ0) is 10.8. The standard InChI is InChI=1S/C8H10N2O2S2/c1-14(11,12)10-7-4-2-6(3-5-7)8(9)13/h2-5,10H,1H3,(H2,9,13). The maximum atomic E-state index is 10.9. The molecule has 1 aromatic carbocycles. The van der Waals surface area contributed by atoms with Gasteiger partial charge < -0.3 is 5.73 Å². The minimum atomic E-state index is -3.22. The van der Waals surface area contributed by atoms with E-state index in [4.69, 9.17) is 18.0 Å². The van der Waals surface area contributed by atoms with Gasteiger partial charge in [-0.3, -0.25) is 4.72 Å². The smallest absolute Gasteiger partial charge is 0.229 e. The summed E-state index contributed by atoms with van der Waals surface area (Å²) in [4.78, 5) is 0.288. The van der Waals surface area contributed by atoms with E-state index in [0.29, 0.717) is 11.3 Å². The molecule has 0 fully saturated rings. The van der Waals surface area contributed by atoms with Crippen molar-refractivity contribution in [3.05, 3.63) is 29.8 Å².